The van der Waals surface area contributed by atoms with Crippen LogP contribution in [0.15, 0.2) is 59.3 Å². The van der Waals surface area contributed by atoms with Gasteiger partial charge < -0.3 is 62.7 Å². The fraction of sp³-hybridized carbons (Fsp3) is 0.780. The molecule has 358 valence electrons. The average Bonchev–Trinajstić information content (AvgIpc) is 3.62. The van der Waals surface area contributed by atoms with Crippen molar-refractivity contribution >= 4 is 5.97 Å². The lowest BCUT2D eigenvalue weighted by molar-refractivity contribution is -0.318. The highest BCUT2D eigenvalue weighted by Gasteiger charge is 2.60. The number of methoxy groups -OCH3 is 2. The number of ether oxygens (including phenoxy) is 10. The van der Waals surface area contributed by atoms with Gasteiger partial charge in [-0.15, -0.1) is 0 Å². The van der Waals surface area contributed by atoms with E-state index in [4.69, 9.17) is 47.4 Å². The van der Waals surface area contributed by atoms with Crippen molar-refractivity contribution in [2.45, 2.75) is 203 Å². The Bertz CT molecular complexity index is 1790. The number of allylic oxidation sites excluding steroid dienone is 2. The minimum Gasteiger partial charge on any atom is -0.462 e. The number of aliphatic hydroxyl groups is 3. The van der Waals surface area contributed by atoms with Gasteiger partial charge in [0.25, 0.3) is 0 Å². The minimum absolute atomic E-state index is 0.0242. The first-order valence-electron chi connectivity index (χ1n) is 24.0. The lowest BCUT2D eigenvalue weighted by Crippen LogP contribution is -2.58. The molecule has 4 saturated heterocycles. The van der Waals surface area contributed by atoms with E-state index in [1.54, 1.807) is 40.2 Å². The van der Waals surface area contributed by atoms with Gasteiger partial charge in [0.05, 0.1) is 49.3 Å². The summed E-state index contributed by atoms with van der Waals surface area (Å²) in [7, 11) is 3.23. The number of esters is 1. The number of fused-ring (bicyclic) bond motifs is 2. The Hall–Kier alpha value is -2.31. The summed E-state index contributed by atoms with van der Waals surface area (Å²) in [6.45, 7) is 11.9. The third-order valence-corrected chi connectivity index (χ3v) is 15.4. The van der Waals surface area contributed by atoms with Gasteiger partial charge in [0, 0.05) is 51.7 Å². The Labute approximate surface area is 379 Å². The smallest absolute Gasteiger partial charge is 0.316 e. The Morgan fingerprint density at radius 3 is 2.28 bits per heavy atom. The first-order valence-corrected chi connectivity index (χ1v) is 24.0. The van der Waals surface area contributed by atoms with Crippen molar-refractivity contribution < 1.29 is 67.5 Å². The van der Waals surface area contributed by atoms with Crippen LogP contribution in [0.4, 0.5) is 0 Å². The van der Waals surface area contributed by atoms with Crippen LogP contribution in [0.25, 0.3) is 0 Å². The summed E-state index contributed by atoms with van der Waals surface area (Å²) >= 11 is 0. The predicted molar refractivity (Wildman–Crippen MR) is 234 cm³/mol. The zero-order valence-corrected chi connectivity index (χ0v) is 39.0. The molecular formula is C50H74O14. The second-order valence-electron chi connectivity index (χ2n) is 20.0. The van der Waals surface area contributed by atoms with Gasteiger partial charge in [-0.1, -0.05) is 69.6 Å². The maximum atomic E-state index is 14.4. The molecule has 3 N–H and O–H groups in total. The molecule has 2 aliphatic carbocycles. The number of rotatable bonds is 7. The first kappa shape index (κ1) is 48.2. The summed E-state index contributed by atoms with van der Waals surface area (Å²) < 4.78 is 64.1. The van der Waals surface area contributed by atoms with E-state index in [-0.39, 0.29) is 36.8 Å². The largest absolute Gasteiger partial charge is 0.462 e. The lowest BCUT2D eigenvalue weighted by atomic mass is 9.71. The highest BCUT2D eigenvalue weighted by molar-refractivity contribution is 5.78. The summed E-state index contributed by atoms with van der Waals surface area (Å²) in [6, 6.07) is 0. The van der Waals surface area contributed by atoms with Crippen molar-refractivity contribution in [2.24, 2.45) is 23.7 Å². The summed E-state index contributed by atoms with van der Waals surface area (Å²) in [4.78, 5) is 14.4. The molecule has 0 unspecified atom stereocenters. The van der Waals surface area contributed by atoms with Crippen molar-refractivity contribution in [3.63, 3.8) is 0 Å². The number of hydrogen-bond donors (Lipinski definition) is 3. The number of hydrogen-bond acceptors (Lipinski definition) is 14. The van der Waals surface area contributed by atoms with Gasteiger partial charge in [-0.3, -0.25) is 4.79 Å². The zero-order valence-electron chi connectivity index (χ0n) is 39.0. The highest BCUT2D eigenvalue weighted by Crippen LogP contribution is 2.48. The summed E-state index contributed by atoms with van der Waals surface area (Å²) in [6.07, 6.45) is 13.8. The predicted octanol–water partition coefficient (Wildman–Crippen LogP) is 5.91. The van der Waals surface area contributed by atoms with Gasteiger partial charge >= 0.3 is 5.97 Å². The molecule has 14 heteroatoms. The van der Waals surface area contributed by atoms with Crippen molar-refractivity contribution in [3.05, 3.63) is 59.3 Å². The van der Waals surface area contributed by atoms with E-state index in [0.29, 0.717) is 49.2 Å². The van der Waals surface area contributed by atoms with Crippen LogP contribution in [-0.2, 0) is 52.2 Å². The van der Waals surface area contributed by atoms with E-state index in [1.165, 1.54) is 19.3 Å². The Morgan fingerprint density at radius 2 is 1.53 bits per heavy atom. The Balaban J connectivity index is 1.08. The van der Waals surface area contributed by atoms with Gasteiger partial charge in [-0.2, -0.15) is 0 Å². The van der Waals surface area contributed by atoms with Crippen LogP contribution < -0.4 is 0 Å². The van der Waals surface area contributed by atoms with Crippen molar-refractivity contribution in [3.8, 4) is 0 Å². The molecule has 0 aromatic rings. The van der Waals surface area contributed by atoms with E-state index >= 15 is 0 Å². The number of aliphatic hydroxyl groups excluding tert-OH is 2. The van der Waals surface area contributed by atoms with Crippen LogP contribution in [0.5, 0.6) is 0 Å². The maximum absolute atomic E-state index is 14.4. The fourth-order valence-electron chi connectivity index (χ4n) is 11.7. The second-order valence-corrected chi connectivity index (χ2v) is 20.0. The molecule has 6 aliphatic heterocycles. The zero-order chi connectivity index (χ0) is 45.5. The van der Waals surface area contributed by atoms with Gasteiger partial charge in [-0.05, 0) is 75.7 Å². The molecule has 2 bridgehead atoms. The quantitative estimate of drug-likeness (QED) is 0.204. The van der Waals surface area contributed by atoms with E-state index in [0.717, 1.165) is 18.4 Å². The molecule has 0 aromatic heterocycles. The molecular weight excluding hydrogens is 825 g/mol. The molecule has 19 atom stereocenters. The summed E-state index contributed by atoms with van der Waals surface area (Å²) in [5.74, 6) is -2.32. The Morgan fingerprint density at radius 1 is 0.812 bits per heavy atom. The van der Waals surface area contributed by atoms with Crippen molar-refractivity contribution in [2.75, 3.05) is 20.8 Å². The maximum Gasteiger partial charge on any atom is 0.316 e. The third-order valence-electron chi connectivity index (χ3n) is 15.4. The van der Waals surface area contributed by atoms with Crippen LogP contribution >= 0.6 is 0 Å². The van der Waals surface area contributed by atoms with E-state index in [9.17, 15) is 20.1 Å². The van der Waals surface area contributed by atoms with Gasteiger partial charge in [0.2, 0.25) is 0 Å². The molecule has 6 heterocycles. The lowest BCUT2D eigenvalue weighted by Gasteiger charge is -2.49. The van der Waals surface area contributed by atoms with E-state index < -0.39 is 90.8 Å². The topological polar surface area (TPSA) is 170 Å². The van der Waals surface area contributed by atoms with Gasteiger partial charge in [0.1, 0.15) is 42.0 Å². The fourth-order valence-corrected chi connectivity index (χ4v) is 11.7. The van der Waals surface area contributed by atoms with E-state index in [1.807, 2.05) is 25.2 Å². The van der Waals surface area contributed by atoms with E-state index in [2.05, 4.69) is 32.9 Å². The monoisotopic (exact) mass is 899 g/mol. The number of carbonyl (C=O) groups is 1. The molecule has 0 radical (unpaired) electrons. The van der Waals surface area contributed by atoms with Gasteiger partial charge in [0.15, 0.2) is 18.4 Å². The number of carbonyl (C=O) groups excluding carboxylic acids is 1. The Kier molecular flexibility index (Phi) is 15.1. The minimum atomic E-state index is -1.83. The summed E-state index contributed by atoms with van der Waals surface area (Å²) in [5, 5.41) is 34.3. The molecule has 5 fully saturated rings. The second kappa shape index (κ2) is 20.1. The molecule has 1 saturated carbocycles. The summed E-state index contributed by atoms with van der Waals surface area (Å²) in [5.41, 5.74) is 0.166. The normalized spacial score (nSPS) is 48.4. The van der Waals surface area contributed by atoms with Gasteiger partial charge in [-0.25, -0.2) is 0 Å². The highest BCUT2D eigenvalue weighted by atomic mass is 16.7. The molecule has 8 rings (SSSR count). The molecule has 0 aromatic carbocycles. The van der Waals surface area contributed by atoms with Crippen LogP contribution in [0.2, 0.25) is 0 Å². The van der Waals surface area contributed by atoms with Crippen molar-refractivity contribution in [1.29, 1.82) is 0 Å². The molecule has 64 heavy (non-hydrogen) atoms. The third kappa shape index (κ3) is 9.82. The van der Waals surface area contributed by atoms with Crippen LogP contribution in [-0.4, -0.2) is 139 Å². The molecule has 1 spiro atoms. The first-order chi connectivity index (χ1) is 30.6. The SMILES string of the molecule is CO[C@H]1C[C@H](O[C@H]2[C@H](C)O[C@@H](O[C@@H]3/C(C)=C\C[C@@H]4C[C@@H](C[C@]5(C=C[C@H](C)[C@@H](C6CCCCC6)O5)O4)OC(=O)[C@@H]4C=C(C)[C@@H](O)[C@H]5OCC(=C/C=C\[C@@H]3C)[C@]54O)C[C@@H]2OC)O[C@@H](C)[C@@H]1O. The molecule has 8 aliphatic rings. The average molecular weight is 899 g/mol. The van der Waals surface area contributed by atoms with Crippen molar-refractivity contribution in [1.82, 2.24) is 0 Å². The van der Waals surface area contributed by atoms with Crippen LogP contribution in [0, 0.1) is 23.7 Å². The standard InChI is InChI=1S/C50H74O14/c1-27-13-12-16-34-26-57-47-42(51)30(4)21-37(50(34,47)54)48(53)60-36-22-35(63-49(25-36)20-19-29(3)45(64-49)33-14-10-9-11-15-33)18-17-28(2)44(27)61-41-24-39(56-8)46(32(6)59-41)62-40-23-38(55-7)43(52)31(5)58-40/h12-13,16-17,19-21,27,29,31-33,35-47,51-52,54H,9-11,14-15,18,22-26H2,1-8H3/b13-12-,28-17-,34-16?/t27-,29-,31-,32-,35+,36-,37-,38-,39-,40-,41-,42+,43-,44-,45-,46-,47+,49+,50+/m0/s1. The van der Waals surface area contributed by atoms with Crippen LogP contribution in [0.1, 0.15) is 106 Å². The molecule has 0 amide bonds. The molecule has 14 nitrogen and oxygen atoms in total. The van der Waals surface area contributed by atoms with Crippen LogP contribution in [0.3, 0.4) is 0 Å².